The molecular weight excluding hydrogens is 278 g/mol. The van der Waals surface area contributed by atoms with Crippen molar-refractivity contribution in [1.82, 2.24) is 0 Å². The summed E-state index contributed by atoms with van der Waals surface area (Å²) in [5.41, 5.74) is 0. The topological polar surface area (TPSA) is 0 Å². The number of hydrogen-bond acceptors (Lipinski definition) is 0. The average Bonchev–Trinajstić information content (AvgIpc) is 0. The molecule has 0 nitrogen and oxygen atoms in total. The van der Waals surface area contributed by atoms with E-state index in [0.717, 1.165) is 0 Å². The van der Waals surface area contributed by atoms with Crippen molar-refractivity contribution in [1.29, 1.82) is 0 Å². The van der Waals surface area contributed by atoms with E-state index in [1.807, 2.05) is 0 Å². The van der Waals surface area contributed by atoms with Crippen LogP contribution in [-0.2, 0) is 22.4 Å². The molecule has 0 aliphatic rings. The first-order valence-corrected chi connectivity index (χ1v) is 0. The Kier molecular flexibility index (Phi) is 123. The molecule has 0 unspecified atom stereocenters. The molecule has 4 heteroatoms. The van der Waals surface area contributed by atoms with Crippen LogP contribution >= 0.6 is 0 Å². The maximum absolute atomic E-state index is 0. The Morgan fingerprint density at radius 3 is 1.25 bits per heavy atom. The van der Waals surface area contributed by atoms with Gasteiger partial charge in [-0.15, -0.1) is 0 Å². The van der Waals surface area contributed by atoms with Crippen LogP contribution in [0.15, 0.2) is 0 Å². The van der Waals surface area contributed by atoms with Crippen molar-refractivity contribution in [2.45, 2.75) is 0 Å². The van der Waals surface area contributed by atoms with Crippen LogP contribution in [0.25, 0.3) is 0 Å². The van der Waals surface area contributed by atoms with Gasteiger partial charge in [-0.25, -0.2) is 0 Å². The van der Waals surface area contributed by atoms with E-state index in [4.69, 9.17) is 0 Å². The van der Waals surface area contributed by atoms with Gasteiger partial charge in [0.25, 0.3) is 0 Å². The molecule has 0 atom stereocenters. The van der Waals surface area contributed by atoms with Crippen LogP contribution in [0.3, 0.4) is 0 Å². The molecule has 0 aromatic carbocycles. The normalized spacial score (nSPS) is 0. The van der Waals surface area contributed by atoms with Crippen LogP contribution in [0.2, 0.25) is 0 Å². The standard InChI is InChI=1S/Ag.Al.Mg.Sn.7H/q;;+2;;;;;;;2*-1. The van der Waals surface area contributed by atoms with E-state index in [2.05, 4.69) is 0 Å². The minimum atomic E-state index is 0. The van der Waals surface area contributed by atoms with E-state index in [9.17, 15) is 0 Å². The van der Waals surface area contributed by atoms with Crippen molar-refractivity contribution in [2.24, 2.45) is 0 Å². The van der Waals surface area contributed by atoms with Gasteiger partial charge in [-0.2, -0.15) is 0 Å². The molecule has 0 spiro atoms. The summed E-state index contributed by atoms with van der Waals surface area (Å²) in [6, 6.07) is 0. The van der Waals surface area contributed by atoms with E-state index in [1.165, 1.54) is 0 Å². The van der Waals surface area contributed by atoms with Crippen LogP contribution < -0.4 is 0 Å². The Morgan fingerprint density at radius 2 is 1.25 bits per heavy atom. The third-order valence-corrected chi connectivity index (χ3v) is 0. The molecule has 0 rings (SSSR count). The van der Waals surface area contributed by atoms with Crippen LogP contribution in [-0.4, -0.2) is 64.3 Å². The first-order chi connectivity index (χ1) is 0. The second kappa shape index (κ2) is 17.0. The van der Waals surface area contributed by atoms with Gasteiger partial charge in [-0.1, -0.05) is 0 Å². The Labute approximate surface area is 88.2 Å². The molecule has 0 aliphatic heterocycles. The summed E-state index contributed by atoms with van der Waals surface area (Å²) < 4.78 is 0. The van der Waals surface area contributed by atoms with Crippen LogP contribution in [0.4, 0.5) is 0 Å². The fraction of sp³-hybridized carbons (Fsp3) is 0. The molecule has 0 aromatic heterocycles. The molecule has 0 heterocycles. The molecule has 0 saturated heterocycles. The Morgan fingerprint density at radius 1 is 1.25 bits per heavy atom. The first-order valence-electron chi connectivity index (χ1n) is 0. The minimum absolute atomic E-state index is 0. The Balaban J connectivity index is 0. The maximum atomic E-state index is 0. The van der Waals surface area contributed by atoms with Gasteiger partial charge < -0.3 is 2.85 Å². The van der Waals surface area contributed by atoms with Gasteiger partial charge >= 0.3 is 47.0 Å². The molecule has 0 amide bonds. The van der Waals surface area contributed by atoms with Crippen molar-refractivity contribution in [3.8, 4) is 0 Å². The molecule has 0 bridgehead atoms. The van der Waals surface area contributed by atoms with Gasteiger partial charge in [0.1, 0.15) is 0 Å². The average molecular weight is 285 g/mol. The summed E-state index contributed by atoms with van der Waals surface area (Å²) in [4.78, 5) is 0. The third kappa shape index (κ3) is 8.85. The van der Waals surface area contributed by atoms with Crippen LogP contribution in [0.1, 0.15) is 2.85 Å². The van der Waals surface area contributed by atoms with E-state index >= 15 is 0 Å². The Hall–Kier alpha value is 2.84. The molecule has 27 valence electrons. The van der Waals surface area contributed by atoms with Gasteiger partial charge in [0.2, 0.25) is 0 Å². The van der Waals surface area contributed by atoms with Crippen molar-refractivity contribution in [3.63, 3.8) is 0 Å². The van der Waals surface area contributed by atoms with E-state index in [0.29, 0.717) is 0 Å². The summed E-state index contributed by atoms with van der Waals surface area (Å²) in [5.74, 6) is 0. The van der Waals surface area contributed by atoms with Crippen LogP contribution in [0, 0.1) is 0 Å². The van der Waals surface area contributed by atoms with E-state index in [1.54, 1.807) is 0 Å². The summed E-state index contributed by atoms with van der Waals surface area (Å²) in [6.07, 6.45) is 0. The van der Waals surface area contributed by atoms with Gasteiger partial charge in [0.05, 0.1) is 0 Å². The fourth-order valence-corrected chi connectivity index (χ4v) is 0. The quantitative estimate of drug-likeness (QED) is 0.441. The molecule has 3 radical (unpaired) electrons. The molecular formula is H7AgAlMgSn. The summed E-state index contributed by atoms with van der Waals surface area (Å²) in [5, 5.41) is 0. The van der Waals surface area contributed by atoms with Crippen molar-refractivity contribution in [2.75, 3.05) is 0 Å². The second-order valence-corrected chi connectivity index (χ2v) is 0. The molecule has 0 aliphatic carbocycles. The van der Waals surface area contributed by atoms with E-state index in [-0.39, 0.29) is 89.6 Å². The molecule has 0 saturated carbocycles. The SMILES string of the molecule is [Ag].[AlH3].[H-].[H-].[Mg+2].[SnH2]. The zero-order valence-electron chi connectivity index (χ0n) is 3.72. The van der Waals surface area contributed by atoms with Gasteiger partial charge in [0, 0.05) is 22.4 Å². The molecule has 4 heavy (non-hydrogen) atoms. The summed E-state index contributed by atoms with van der Waals surface area (Å²) >= 11 is 0. The van der Waals surface area contributed by atoms with Crippen molar-refractivity contribution < 1.29 is 25.2 Å². The van der Waals surface area contributed by atoms with E-state index < -0.39 is 0 Å². The predicted molar refractivity (Wildman–Crippen MR) is 26.5 cm³/mol. The monoisotopic (exact) mass is 285 g/mol. The molecule has 0 N–H and O–H groups in total. The zero-order valence-corrected chi connectivity index (χ0v) is 8.65. The molecule has 0 fully saturated rings. The van der Waals surface area contributed by atoms with Crippen molar-refractivity contribution in [3.05, 3.63) is 0 Å². The summed E-state index contributed by atoms with van der Waals surface area (Å²) in [6.45, 7) is 0. The first kappa shape index (κ1) is 28.9. The van der Waals surface area contributed by atoms with Crippen molar-refractivity contribution >= 4 is 64.3 Å². The van der Waals surface area contributed by atoms with Gasteiger partial charge in [-0.3, -0.25) is 0 Å². The molecule has 0 aromatic rings. The fourth-order valence-electron chi connectivity index (χ4n) is 0. The summed E-state index contributed by atoms with van der Waals surface area (Å²) in [7, 11) is 0. The third-order valence-electron chi connectivity index (χ3n) is 0. The number of rotatable bonds is 0. The number of hydrogen-bond donors (Lipinski definition) is 0. The van der Waals surface area contributed by atoms with Gasteiger partial charge in [0.15, 0.2) is 17.4 Å². The Bertz CT molecular complexity index is 13.5. The predicted octanol–water partition coefficient (Wildman–Crippen LogP) is -2.26. The zero-order chi connectivity index (χ0) is 0. The van der Waals surface area contributed by atoms with Gasteiger partial charge in [-0.05, 0) is 0 Å². The second-order valence-electron chi connectivity index (χ2n) is 0. The van der Waals surface area contributed by atoms with Crippen LogP contribution in [0.5, 0.6) is 0 Å².